The maximum Gasteiger partial charge on any atom is 0.151 e. The van der Waals surface area contributed by atoms with E-state index in [4.69, 9.17) is 9.62 Å². The molecule has 1 aromatic heterocycles. The normalized spacial score (nSPS) is 12.0. The van der Waals surface area contributed by atoms with Gasteiger partial charge in [-0.2, -0.15) is 0 Å². The molecule has 0 radical (unpaired) electrons. The van der Waals surface area contributed by atoms with Crippen molar-refractivity contribution in [2.75, 3.05) is 0 Å². The summed E-state index contributed by atoms with van der Waals surface area (Å²) in [7, 11) is 0. The second-order valence-electron chi connectivity index (χ2n) is 2.10. The second kappa shape index (κ2) is 2.56. The Kier molecular flexibility index (Phi) is 1.76. The van der Waals surface area contributed by atoms with Crippen LogP contribution in [-0.4, -0.2) is 10.9 Å². The molecule has 0 aliphatic carbocycles. The number of hydrogen-bond donors (Lipinski definition) is 1. The van der Waals surface area contributed by atoms with Crippen molar-refractivity contribution in [3.63, 3.8) is 0 Å². The van der Waals surface area contributed by atoms with Gasteiger partial charge in [0.1, 0.15) is 11.5 Å². The smallest absolute Gasteiger partial charge is 0.151 e. The lowest BCUT2D eigenvalue weighted by Crippen LogP contribution is -1.89. The molecule has 54 valence electrons. The van der Waals surface area contributed by atoms with Crippen LogP contribution in [-0.2, 0) is 0 Å². The first kappa shape index (κ1) is 6.86. The third kappa shape index (κ3) is 1.18. The van der Waals surface area contributed by atoms with Crippen LogP contribution in [0.3, 0.4) is 0 Å². The van der Waals surface area contributed by atoms with E-state index in [9.17, 15) is 0 Å². The minimum atomic E-state index is 0.494. The van der Waals surface area contributed by atoms with Crippen LogP contribution in [0.15, 0.2) is 21.7 Å². The number of rotatable bonds is 1. The number of aryl methyl sites for hydroxylation is 1. The summed E-state index contributed by atoms with van der Waals surface area (Å²) >= 11 is 0. The molecule has 0 amide bonds. The van der Waals surface area contributed by atoms with Crippen LogP contribution in [0.4, 0.5) is 0 Å². The SMILES string of the molecule is CC(=NO)c1ccc(C)o1. The molecule has 0 saturated carbocycles. The molecule has 0 bridgehead atoms. The van der Waals surface area contributed by atoms with Gasteiger partial charge in [0.15, 0.2) is 5.76 Å². The molecule has 0 aliphatic heterocycles. The molecule has 3 heteroatoms. The average Bonchev–Trinajstić information content (AvgIpc) is 2.34. The quantitative estimate of drug-likeness (QED) is 0.366. The summed E-state index contributed by atoms with van der Waals surface area (Å²) in [5.41, 5.74) is 0.494. The Hall–Kier alpha value is -1.25. The van der Waals surface area contributed by atoms with Gasteiger partial charge in [-0.05, 0) is 26.0 Å². The largest absolute Gasteiger partial charge is 0.460 e. The number of oxime groups is 1. The molecule has 10 heavy (non-hydrogen) atoms. The van der Waals surface area contributed by atoms with Crippen molar-refractivity contribution >= 4 is 5.71 Å². The van der Waals surface area contributed by atoms with Gasteiger partial charge in [-0.25, -0.2) is 0 Å². The Morgan fingerprint density at radius 1 is 1.60 bits per heavy atom. The molecule has 0 saturated heterocycles. The Morgan fingerprint density at radius 2 is 2.30 bits per heavy atom. The first-order valence-corrected chi connectivity index (χ1v) is 2.99. The van der Waals surface area contributed by atoms with E-state index >= 15 is 0 Å². The van der Waals surface area contributed by atoms with Gasteiger partial charge in [0.2, 0.25) is 0 Å². The topological polar surface area (TPSA) is 45.7 Å². The van der Waals surface area contributed by atoms with Crippen molar-refractivity contribution in [2.45, 2.75) is 13.8 Å². The van der Waals surface area contributed by atoms with E-state index in [2.05, 4.69) is 5.16 Å². The van der Waals surface area contributed by atoms with Gasteiger partial charge in [0, 0.05) is 0 Å². The molecule has 1 N–H and O–H groups in total. The van der Waals surface area contributed by atoms with Gasteiger partial charge in [0.05, 0.1) is 0 Å². The highest BCUT2D eigenvalue weighted by molar-refractivity contribution is 5.95. The van der Waals surface area contributed by atoms with E-state index in [-0.39, 0.29) is 0 Å². The van der Waals surface area contributed by atoms with Gasteiger partial charge in [-0.1, -0.05) is 5.16 Å². The van der Waals surface area contributed by atoms with Gasteiger partial charge >= 0.3 is 0 Å². The Bertz CT molecular complexity index is 250. The van der Waals surface area contributed by atoms with Crippen LogP contribution in [0.2, 0.25) is 0 Å². The zero-order chi connectivity index (χ0) is 7.56. The van der Waals surface area contributed by atoms with Crippen molar-refractivity contribution in [3.8, 4) is 0 Å². The summed E-state index contributed by atoms with van der Waals surface area (Å²) in [6.07, 6.45) is 0. The standard InChI is InChI=1S/C7H9NO2/c1-5-3-4-7(10-5)6(2)8-9/h3-4,9H,1-2H3. The van der Waals surface area contributed by atoms with Crippen LogP contribution < -0.4 is 0 Å². The van der Waals surface area contributed by atoms with Crippen molar-refractivity contribution in [1.82, 2.24) is 0 Å². The van der Waals surface area contributed by atoms with Crippen LogP contribution in [0, 0.1) is 6.92 Å². The fraction of sp³-hybridized carbons (Fsp3) is 0.286. The van der Waals surface area contributed by atoms with E-state index in [1.54, 1.807) is 13.0 Å². The molecule has 0 aromatic carbocycles. The van der Waals surface area contributed by atoms with E-state index in [0.29, 0.717) is 11.5 Å². The zero-order valence-corrected chi connectivity index (χ0v) is 5.96. The Labute approximate surface area is 59.0 Å². The van der Waals surface area contributed by atoms with Crippen LogP contribution in [0.1, 0.15) is 18.4 Å². The highest BCUT2D eigenvalue weighted by Crippen LogP contribution is 2.06. The number of furan rings is 1. The third-order valence-corrected chi connectivity index (χ3v) is 1.25. The average molecular weight is 139 g/mol. The third-order valence-electron chi connectivity index (χ3n) is 1.25. The Morgan fingerprint density at radius 3 is 2.70 bits per heavy atom. The predicted octanol–water partition coefficient (Wildman–Crippen LogP) is 1.79. The fourth-order valence-electron chi connectivity index (χ4n) is 0.678. The van der Waals surface area contributed by atoms with Gasteiger partial charge in [0.25, 0.3) is 0 Å². The van der Waals surface area contributed by atoms with E-state index in [1.165, 1.54) is 0 Å². The zero-order valence-electron chi connectivity index (χ0n) is 5.96. The minimum absolute atomic E-state index is 0.494. The predicted molar refractivity (Wildman–Crippen MR) is 37.4 cm³/mol. The fourth-order valence-corrected chi connectivity index (χ4v) is 0.678. The highest BCUT2D eigenvalue weighted by atomic mass is 16.4. The summed E-state index contributed by atoms with van der Waals surface area (Å²) in [6.45, 7) is 3.52. The lowest BCUT2D eigenvalue weighted by molar-refractivity contribution is 0.317. The monoisotopic (exact) mass is 139 g/mol. The number of nitrogens with zero attached hydrogens (tertiary/aromatic N) is 1. The molecule has 0 aliphatic rings. The van der Waals surface area contributed by atoms with Crippen LogP contribution in [0.5, 0.6) is 0 Å². The summed E-state index contributed by atoms with van der Waals surface area (Å²) < 4.78 is 5.15. The molecular formula is C7H9NO2. The summed E-state index contributed by atoms with van der Waals surface area (Å²) in [5, 5.41) is 11.3. The molecule has 0 unspecified atom stereocenters. The molecule has 1 heterocycles. The van der Waals surface area contributed by atoms with Crippen LogP contribution in [0.25, 0.3) is 0 Å². The van der Waals surface area contributed by atoms with Gasteiger partial charge in [-0.3, -0.25) is 0 Å². The molecule has 1 aromatic rings. The first-order chi connectivity index (χ1) is 4.74. The minimum Gasteiger partial charge on any atom is -0.460 e. The lowest BCUT2D eigenvalue weighted by atomic mass is 10.3. The summed E-state index contributed by atoms with van der Waals surface area (Å²) in [4.78, 5) is 0. The molecule has 3 nitrogen and oxygen atoms in total. The highest BCUT2D eigenvalue weighted by Gasteiger charge is 2.00. The van der Waals surface area contributed by atoms with Crippen molar-refractivity contribution in [1.29, 1.82) is 0 Å². The maximum absolute atomic E-state index is 8.33. The molecule has 0 spiro atoms. The first-order valence-electron chi connectivity index (χ1n) is 2.99. The lowest BCUT2D eigenvalue weighted by Gasteiger charge is -1.88. The van der Waals surface area contributed by atoms with Gasteiger partial charge < -0.3 is 9.62 Å². The van der Waals surface area contributed by atoms with Gasteiger partial charge in [-0.15, -0.1) is 0 Å². The van der Waals surface area contributed by atoms with E-state index in [1.807, 2.05) is 13.0 Å². The van der Waals surface area contributed by atoms with E-state index < -0.39 is 0 Å². The molecule has 0 fully saturated rings. The second-order valence-corrected chi connectivity index (χ2v) is 2.10. The van der Waals surface area contributed by atoms with Crippen molar-refractivity contribution in [2.24, 2.45) is 5.16 Å². The molecule has 1 rings (SSSR count). The molecular weight excluding hydrogens is 130 g/mol. The summed E-state index contributed by atoms with van der Waals surface area (Å²) in [5.74, 6) is 1.43. The Balaban J connectivity index is 2.95. The van der Waals surface area contributed by atoms with Crippen molar-refractivity contribution < 1.29 is 9.62 Å². The number of hydrogen-bond acceptors (Lipinski definition) is 3. The van der Waals surface area contributed by atoms with E-state index in [0.717, 1.165) is 5.76 Å². The maximum atomic E-state index is 8.33. The van der Waals surface area contributed by atoms with Crippen LogP contribution >= 0.6 is 0 Å². The van der Waals surface area contributed by atoms with Crippen molar-refractivity contribution in [3.05, 3.63) is 23.7 Å². The molecule has 0 atom stereocenters. The summed E-state index contributed by atoms with van der Waals surface area (Å²) in [6, 6.07) is 3.59.